The molecule has 0 unspecified atom stereocenters. The zero-order valence-electron chi connectivity index (χ0n) is 11.5. The summed E-state index contributed by atoms with van der Waals surface area (Å²) in [6.45, 7) is 0. The van der Waals surface area contributed by atoms with Gasteiger partial charge in [0.25, 0.3) is 0 Å². The average Bonchev–Trinajstić information content (AvgIpc) is 3.09. The second-order valence-electron chi connectivity index (χ2n) is 4.61. The summed E-state index contributed by atoms with van der Waals surface area (Å²) in [5, 5.41) is 9.17. The normalized spacial score (nSPS) is 10.1. The highest BCUT2D eigenvalue weighted by Gasteiger charge is 2.17. The molecule has 22 heavy (non-hydrogen) atoms. The van der Waals surface area contributed by atoms with Crippen molar-refractivity contribution in [1.82, 2.24) is 4.98 Å². The third kappa shape index (κ3) is 2.23. The SMILES string of the molecule is N#Cc1cc(-c2ccccc2C=O)c(-c2ccco2)nc1N. The van der Waals surface area contributed by atoms with Gasteiger partial charge in [-0.25, -0.2) is 4.98 Å². The maximum Gasteiger partial charge on any atom is 0.152 e. The fraction of sp³-hybridized carbons (Fsp3) is 0. The van der Waals surface area contributed by atoms with Gasteiger partial charge in [0.05, 0.1) is 11.8 Å². The highest BCUT2D eigenvalue weighted by molar-refractivity contribution is 5.92. The fourth-order valence-electron chi connectivity index (χ4n) is 2.27. The number of aldehydes is 1. The molecule has 0 amide bonds. The molecule has 0 radical (unpaired) electrons. The number of nitrogens with two attached hydrogens (primary N) is 1. The highest BCUT2D eigenvalue weighted by atomic mass is 16.3. The molecule has 0 bridgehead atoms. The van der Waals surface area contributed by atoms with E-state index in [1.54, 1.807) is 36.4 Å². The molecule has 0 aliphatic rings. The molecule has 2 heterocycles. The molecular formula is C17H11N3O2. The van der Waals surface area contributed by atoms with Crippen LogP contribution in [0.1, 0.15) is 15.9 Å². The smallest absolute Gasteiger partial charge is 0.152 e. The number of carbonyl (C=O) groups is 1. The molecule has 106 valence electrons. The lowest BCUT2D eigenvalue weighted by Gasteiger charge is -2.11. The van der Waals surface area contributed by atoms with Gasteiger partial charge in [-0.05, 0) is 23.8 Å². The lowest BCUT2D eigenvalue weighted by Crippen LogP contribution is -2.00. The van der Waals surface area contributed by atoms with Crippen molar-refractivity contribution >= 4 is 12.1 Å². The zero-order valence-corrected chi connectivity index (χ0v) is 11.5. The van der Waals surface area contributed by atoms with Crippen molar-refractivity contribution in [2.45, 2.75) is 0 Å². The standard InChI is InChI=1S/C17H11N3O2/c18-9-12-8-14(13-5-2-1-4-11(13)10-21)16(20-17(12)19)15-6-3-7-22-15/h1-8,10H,(H2,19,20). The largest absolute Gasteiger partial charge is 0.463 e. The molecule has 1 aromatic carbocycles. The van der Waals surface area contributed by atoms with Crippen LogP contribution in [-0.4, -0.2) is 11.3 Å². The number of nitrogens with zero attached hydrogens (tertiary/aromatic N) is 2. The summed E-state index contributed by atoms with van der Waals surface area (Å²) in [7, 11) is 0. The first-order valence-corrected chi connectivity index (χ1v) is 6.53. The van der Waals surface area contributed by atoms with Gasteiger partial charge in [0.15, 0.2) is 12.0 Å². The van der Waals surface area contributed by atoms with Gasteiger partial charge in [0.1, 0.15) is 17.6 Å². The number of benzene rings is 1. The van der Waals surface area contributed by atoms with Crippen LogP contribution in [0.3, 0.4) is 0 Å². The minimum absolute atomic E-state index is 0.126. The predicted molar refractivity (Wildman–Crippen MR) is 81.9 cm³/mol. The Morgan fingerprint density at radius 1 is 1.18 bits per heavy atom. The number of hydrogen-bond donors (Lipinski definition) is 1. The molecule has 3 aromatic rings. The Morgan fingerprint density at radius 3 is 2.68 bits per heavy atom. The van der Waals surface area contributed by atoms with Crippen LogP contribution in [0.4, 0.5) is 5.82 Å². The first kappa shape index (κ1) is 13.6. The second-order valence-corrected chi connectivity index (χ2v) is 4.61. The molecule has 5 heteroatoms. The van der Waals surface area contributed by atoms with E-state index in [4.69, 9.17) is 10.2 Å². The van der Waals surface area contributed by atoms with Crippen LogP contribution in [0.25, 0.3) is 22.6 Å². The third-order valence-corrected chi connectivity index (χ3v) is 3.30. The van der Waals surface area contributed by atoms with Crippen LogP contribution in [0, 0.1) is 11.3 Å². The van der Waals surface area contributed by atoms with Gasteiger partial charge in [-0.3, -0.25) is 4.79 Å². The number of pyridine rings is 1. The van der Waals surface area contributed by atoms with Gasteiger partial charge in [-0.2, -0.15) is 5.26 Å². The molecule has 0 fully saturated rings. The minimum atomic E-state index is 0.126. The van der Waals surface area contributed by atoms with E-state index in [0.717, 1.165) is 6.29 Å². The van der Waals surface area contributed by atoms with Crippen molar-refractivity contribution in [2.75, 3.05) is 5.73 Å². The number of aromatic nitrogens is 1. The predicted octanol–water partition coefficient (Wildman–Crippen LogP) is 3.27. The second kappa shape index (κ2) is 5.54. The van der Waals surface area contributed by atoms with E-state index < -0.39 is 0 Å². The van der Waals surface area contributed by atoms with Crippen LogP contribution in [0.15, 0.2) is 53.1 Å². The quantitative estimate of drug-likeness (QED) is 0.747. The molecule has 2 N–H and O–H groups in total. The lowest BCUT2D eigenvalue weighted by molar-refractivity contribution is 0.112. The molecule has 0 aliphatic carbocycles. The van der Waals surface area contributed by atoms with E-state index >= 15 is 0 Å². The van der Waals surface area contributed by atoms with Crippen LogP contribution < -0.4 is 5.73 Å². The summed E-state index contributed by atoms with van der Waals surface area (Å²) in [6, 6.07) is 14.2. The Labute approximate surface area is 126 Å². The Morgan fingerprint density at radius 2 is 2.00 bits per heavy atom. The van der Waals surface area contributed by atoms with Crippen molar-refractivity contribution < 1.29 is 9.21 Å². The maximum atomic E-state index is 11.3. The average molecular weight is 289 g/mol. The van der Waals surface area contributed by atoms with Crippen molar-refractivity contribution in [1.29, 1.82) is 5.26 Å². The van der Waals surface area contributed by atoms with Crippen LogP contribution in [-0.2, 0) is 0 Å². The van der Waals surface area contributed by atoms with Crippen molar-refractivity contribution in [2.24, 2.45) is 0 Å². The molecule has 0 aliphatic heterocycles. The summed E-state index contributed by atoms with van der Waals surface area (Å²) >= 11 is 0. The monoisotopic (exact) mass is 289 g/mol. The van der Waals surface area contributed by atoms with Crippen molar-refractivity contribution in [3.05, 3.63) is 59.9 Å². The number of nitrogen functional groups attached to an aromatic ring is 1. The molecule has 0 spiro atoms. The van der Waals surface area contributed by atoms with E-state index in [2.05, 4.69) is 4.98 Å². The topological polar surface area (TPSA) is 92.9 Å². The number of hydrogen-bond acceptors (Lipinski definition) is 5. The number of anilines is 1. The number of carbonyl (C=O) groups excluding carboxylic acids is 1. The van der Waals surface area contributed by atoms with Gasteiger partial charge >= 0.3 is 0 Å². The fourth-order valence-corrected chi connectivity index (χ4v) is 2.27. The van der Waals surface area contributed by atoms with E-state index in [9.17, 15) is 10.1 Å². The first-order chi connectivity index (χ1) is 10.7. The van der Waals surface area contributed by atoms with Crippen LogP contribution in [0.2, 0.25) is 0 Å². The molecule has 0 atom stereocenters. The number of nitriles is 1. The Balaban J connectivity index is 2.34. The van der Waals surface area contributed by atoms with Crippen LogP contribution in [0.5, 0.6) is 0 Å². The minimum Gasteiger partial charge on any atom is -0.463 e. The Bertz CT molecular complexity index is 877. The molecule has 5 nitrogen and oxygen atoms in total. The Kier molecular flexibility index (Phi) is 3.42. The molecule has 0 saturated heterocycles. The number of furan rings is 1. The van der Waals surface area contributed by atoms with Crippen molar-refractivity contribution in [3.8, 4) is 28.7 Å². The zero-order chi connectivity index (χ0) is 15.5. The molecule has 3 rings (SSSR count). The summed E-state index contributed by atoms with van der Waals surface area (Å²) in [5.41, 5.74) is 8.37. The summed E-state index contributed by atoms with van der Waals surface area (Å²) in [4.78, 5) is 15.6. The molecular weight excluding hydrogens is 278 g/mol. The summed E-state index contributed by atoms with van der Waals surface area (Å²) < 4.78 is 5.39. The van der Waals surface area contributed by atoms with E-state index in [0.29, 0.717) is 28.1 Å². The van der Waals surface area contributed by atoms with Gasteiger partial charge < -0.3 is 10.2 Å². The van der Waals surface area contributed by atoms with Crippen molar-refractivity contribution in [3.63, 3.8) is 0 Å². The van der Waals surface area contributed by atoms with E-state index in [1.807, 2.05) is 12.1 Å². The maximum absolute atomic E-state index is 11.3. The Hall–Kier alpha value is -3.39. The molecule has 2 aromatic heterocycles. The lowest BCUT2D eigenvalue weighted by atomic mass is 9.96. The summed E-state index contributed by atoms with van der Waals surface area (Å²) in [6.07, 6.45) is 2.30. The van der Waals surface area contributed by atoms with E-state index in [-0.39, 0.29) is 11.4 Å². The third-order valence-electron chi connectivity index (χ3n) is 3.30. The van der Waals surface area contributed by atoms with Gasteiger partial charge in [-0.1, -0.05) is 24.3 Å². The molecule has 0 saturated carbocycles. The highest BCUT2D eigenvalue weighted by Crippen LogP contribution is 2.34. The van der Waals surface area contributed by atoms with Gasteiger partial charge in [0.2, 0.25) is 0 Å². The first-order valence-electron chi connectivity index (χ1n) is 6.53. The summed E-state index contributed by atoms with van der Waals surface area (Å²) in [5.74, 6) is 0.646. The van der Waals surface area contributed by atoms with Crippen LogP contribution >= 0.6 is 0 Å². The van der Waals surface area contributed by atoms with Gasteiger partial charge in [-0.15, -0.1) is 0 Å². The number of rotatable bonds is 3. The van der Waals surface area contributed by atoms with Gasteiger partial charge in [0, 0.05) is 11.1 Å². The van der Waals surface area contributed by atoms with E-state index in [1.165, 1.54) is 6.26 Å².